The van der Waals surface area contributed by atoms with Gasteiger partial charge in [-0.15, -0.1) is 0 Å². The lowest BCUT2D eigenvalue weighted by Crippen LogP contribution is -2.44. The van der Waals surface area contributed by atoms with E-state index in [2.05, 4.69) is 0 Å². The van der Waals surface area contributed by atoms with Crippen LogP contribution in [0.4, 0.5) is 4.79 Å². The number of esters is 2. The molecule has 1 aromatic rings. The number of likely N-dealkylation sites (tertiary alicyclic amines) is 1. The van der Waals surface area contributed by atoms with Crippen molar-refractivity contribution in [3.05, 3.63) is 35.9 Å². The number of hydrogen-bond donors (Lipinski definition) is 0. The van der Waals surface area contributed by atoms with Crippen LogP contribution in [0.3, 0.4) is 0 Å². The average molecular weight is 489 g/mol. The molecule has 0 N–H and O–H groups in total. The first-order chi connectivity index (χ1) is 16.4. The van der Waals surface area contributed by atoms with E-state index in [9.17, 15) is 14.4 Å². The summed E-state index contributed by atoms with van der Waals surface area (Å²) in [7, 11) is 0.897. The zero-order valence-corrected chi connectivity index (χ0v) is 21.4. The second-order valence-electron chi connectivity index (χ2n) is 10.1. The normalized spacial score (nSPS) is 24.8. The quantitative estimate of drug-likeness (QED) is 0.310. The van der Waals surface area contributed by atoms with Crippen molar-refractivity contribution >= 4 is 25.2 Å². The lowest BCUT2D eigenvalue weighted by molar-refractivity contribution is -0.151. The molecule has 2 fully saturated rings. The summed E-state index contributed by atoms with van der Waals surface area (Å²) in [6.45, 7) is 9.40. The summed E-state index contributed by atoms with van der Waals surface area (Å²) in [4.78, 5) is 38.8. The molecule has 2 heterocycles. The Morgan fingerprint density at radius 3 is 2.29 bits per heavy atom. The number of hydrogen-bond acceptors (Lipinski definition) is 8. The fraction of sp³-hybridized carbons (Fsp3) is 0.640. The van der Waals surface area contributed by atoms with Gasteiger partial charge in [0.25, 0.3) is 0 Å². The van der Waals surface area contributed by atoms with E-state index in [0.29, 0.717) is 19.2 Å². The smallest absolute Gasteiger partial charge is 0.457 e. The van der Waals surface area contributed by atoms with Crippen molar-refractivity contribution in [1.82, 2.24) is 4.90 Å². The number of ether oxygens (including phenoxy) is 3. The Kier molecular flexibility index (Phi) is 8.48. The maximum Gasteiger partial charge on any atom is 0.457 e. The molecule has 1 amide bonds. The topological polar surface area (TPSA) is 101 Å². The summed E-state index contributed by atoms with van der Waals surface area (Å²) in [6.07, 6.45) is 0.431. The Morgan fingerprint density at radius 1 is 1.09 bits per heavy atom. The van der Waals surface area contributed by atoms with Crippen molar-refractivity contribution in [1.29, 1.82) is 0 Å². The summed E-state index contributed by atoms with van der Waals surface area (Å²) >= 11 is 0. The molecule has 3 atom stereocenters. The molecule has 0 aromatic heterocycles. The van der Waals surface area contributed by atoms with Gasteiger partial charge in [0.15, 0.2) is 0 Å². The molecule has 0 spiro atoms. The van der Waals surface area contributed by atoms with E-state index in [4.69, 9.17) is 23.5 Å². The Bertz CT molecular complexity index is 890. The zero-order chi connectivity index (χ0) is 25.8. The minimum Gasteiger partial charge on any atom is -0.467 e. The standard InChI is InChI=1S/C25H36BNO8/c1-17(28)33-20-15-27(23(30)32-16-18-11-8-7-9-12-18)21(22(29)31-6)19(20)13-10-14-26-34-24(2,3)25(4,5)35-26/h7-9,11-12,19-21H,10,13-16H2,1-6H3. The van der Waals surface area contributed by atoms with Gasteiger partial charge in [-0.25, -0.2) is 9.59 Å². The zero-order valence-electron chi connectivity index (χ0n) is 21.4. The van der Waals surface area contributed by atoms with Crippen LogP contribution in [-0.2, 0) is 39.7 Å². The number of rotatable bonds is 8. The maximum atomic E-state index is 13.0. The van der Waals surface area contributed by atoms with E-state index in [-0.39, 0.29) is 20.3 Å². The van der Waals surface area contributed by atoms with Crippen LogP contribution in [0, 0.1) is 5.92 Å². The van der Waals surface area contributed by atoms with Gasteiger partial charge in [0.2, 0.25) is 0 Å². The van der Waals surface area contributed by atoms with Crippen molar-refractivity contribution in [2.45, 2.75) is 83.7 Å². The number of benzene rings is 1. The first-order valence-corrected chi connectivity index (χ1v) is 12.0. The fourth-order valence-electron chi connectivity index (χ4n) is 4.58. The highest BCUT2D eigenvalue weighted by molar-refractivity contribution is 6.45. The van der Waals surface area contributed by atoms with Gasteiger partial charge in [-0.3, -0.25) is 9.69 Å². The number of carbonyl (C=O) groups excluding carboxylic acids is 3. The summed E-state index contributed by atoms with van der Waals surface area (Å²) in [5.74, 6) is -1.50. The monoisotopic (exact) mass is 489 g/mol. The molecule has 9 nitrogen and oxygen atoms in total. The highest BCUT2D eigenvalue weighted by Crippen LogP contribution is 2.39. The number of methoxy groups -OCH3 is 1. The highest BCUT2D eigenvalue weighted by Gasteiger charge is 2.52. The lowest BCUT2D eigenvalue weighted by Gasteiger charge is -2.32. The molecule has 0 aliphatic carbocycles. The van der Waals surface area contributed by atoms with Crippen LogP contribution in [-0.4, -0.2) is 67.1 Å². The molecule has 10 heteroatoms. The van der Waals surface area contributed by atoms with Crippen LogP contribution >= 0.6 is 0 Å². The molecule has 3 unspecified atom stereocenters. The minimum absolute atomic E-state index is 0.0497. The molecule has 2 aliphatic heterocycles. The molecular weight excluding hydrogens is 453 g/mol. The Morgan fingerprint density at radius 2 is 1.71 bits per heavy atom. The van der Waals surface area contributed by atoms with E-state index in [1.54, 1.807) is 0 Å². The van der Waals surface area contributed by atoms with Crippen molar-refractivity contribution in [2.75, 3.05) is 13.7 Å². The van der Waals surface area contributed by atoms with E-state index < -0.39 is 47.3 Å². The highest BCUT2D eigenvalue weighted by atomic mass is 16.7. The predicted octanol–water partition coefficient (Wildman–Crippen LogP) is 3.60. The van der Waals surface area contributed by atoms with Crippen LogP contribution < -0.4 is 0 Å². The van der Waals surface area contributed by atoms with Crippen molar-refractivity contribution < 1.29 is 37.9 Å². The van der Waals surface area contributed by atoms with Gasteiger partial charge in [0.05, 0.1) is 24.9 Å². The maximum absolute atomic E-state index is 13.0. The molecule has 0 saturated carbocycles. The minimum atomic E-state index is -0.925. The summed E-state index contributed by atoms with van der Waals surface area (Å²) in [5.41, 5.74) is -0.0385. The van der Waals surface area contributed by atoms with Crippen LogP contribution in [0.2, 0.25) is 6.32 Å². The largest absolute Gasteiger partial charge is 0.467 e. The molecule has 35 heavy (non-hydrogen) atoms. The third-order valence-corrected chi connectivity index (χ3v) is 7.07. The molecular formula is C25H36BNO8. The number of nitrogens with zero attached hydrogens (tertiary/aromatic N) is 1. The van der Waals surface area contributed by atoms with Gasteiger partial charge in [-0.05, 0) is 46.0 Å². The van der Waals surface area contributed by atoms with Gasteiger partial charge in [-0.1, -0.05) is 36.8 Å². The van der Waals surface area contributed by atoms with Crippen LogP contribution in [0.25, 0.3) is 0 Å². The van der Waals surface area contributed by atoms with E-state index in [0.717, 1.165) is 5.56 Å². The third-order valence-electron chi connectivity index (χ3n) is 7.07. The second kappa shape index (κ2) is 11.0. The number of amides is 1. The van der Waals surface area contributed by atoms with Gasteiger partial charge in [-0.2, -0.15) is 0 Å². The number of carbonyl (C=O) groups is 3. The Balaban J connectivity index is 1.69. The predicted molar refractivity (Wildman–Crippen MR) is 128 cm³/mol. The van der Waals surface area contributed by atoms with Crippen molar-refractivity contribution in [3.63, 3.8) is 0 Å². The molecule has 2 aliphatic rings. The Labute approximate surface area is 207 Å². The van der Waals surface area contributed by atoms with Gasteiger partial charge < -0.3 is 23.5 Å². The van der Waals surface area contributed by atoms with Crippen molar-refractivity contribution in [2.24, 2.45) is 5.92 Å². The second-order valence-corrected chi connectivity index (χ2v) is 10.1. The first-order valence-electron chi connectivity index (χ1n) is 12.0. The average Bonchev–Trinajstić information content (AvgIpc) is 3.24. The molecule has 192 valence electrons. The SMILES string of the molecule is COC(=O)C1C(CCCB2OC(C)(C)C(C)(C)O2)C(OC(C)=O)CN1C(=O)OCc1ccccc1. The fourth-order valence-corrected chi connectivity index (χ4v) is 4.58. The first kappa shape index (κ1) is 27.0. The Hall–Kier alpha value is -2.59. The van der Waals surface area contributed by atoms with Crippen LogP contribution in [0.15, 0.2) is 30.3 Å². The van der Waals surface area contributed by atoms with Gasteiger partial charge >= 0.3 is 25.2 Å². The third kappa shape index (κ3) is 6.35. The van der Waals surface area contributed by atoms with Gasteiger partial charge in [0.1, 0.15) is 18.8 Å². The van der Waals surface area contributed by atoms with E-state index >= 15 is 0 Å². The molecule has 2 saturated heterocycles. The molecule has 0 bridgehead atoms. The molecule has 3 rings (SSSR count). The van der Waals surface area contributed by atoms with Gasteiger partial charge in [0, 0.05) is 12.8 Å². The van der Waals surface area contributed by atoms with Crippen molar-refractivity contribution in [3.8, 4) is 0 Å². The van der Waals surface area contributed by atoms with E-state index in [1.165, 1.54) is 18.9 Å². The molecule has 1 aromatic carbocycles. The summed E-state index contributed by atoms with van der Waals surface area (Å²) in [5, 5.41) is 0. The lowest BCUT2D eigenvalue weighted by atomic mass is 9.79. The van der Waals surface area contributed by atoms with Crippen LogP contribution in [0.1, 0.15) is 53.0 Å². The summed E-state index contributed by atoms with van der Waals surface area (Å²) < 4.78 is 28.1. The summed E-state index contributed by atoms with van der Waals surface area (Å²) in [6, 6.07) is 8.33. The van der Waals surface area contributed by atoms with Crippen LogP contribution in [0.5, 0.6) is 0 Å². The molecule has 0 radical (unpaired) electrons. The van der Waals surface area contributed by atoms with E-state index in [1.807, 2.05) is 58.0 Å².